The first-order valence-electron chi connectivity index (χ1n) is 8.22. The largest absolute Gasteiger partial charge is 0.495 e. The number of hydrogen-bond acceptors (Lipinski definition) is 2. The minimum absolute atomic E-state index is 0.593. The van der Waals surface area contributed by atoms with Gasteiger partial charge in [0.25, 0.3) is 0 Å². The highest BCUT2D eigenvalue weighted by atomic mass is 79.9. The molecule has 0 aliphatic heterocycles. The molecule has 0 bridgehead atoms. The minimum atomic E-state index is 0.593. The molecule has 4 heteroatoms. The van der Waals surface area contributed by atoms with Crippen LogP contribution in [0, 0.1) is 0 Å². The van der Waals surface area contributed by atoms with Gasteiger partial charge in [0.2, 0.25) is 0 Å². The van der Waals surface area contributed by atoms with Crippen molar-refractivity contribution in [3.63, 3.8) is 0 Å². The van der Waals surface area contributed by atoms with Gasteiger partial charge in [-0.3, -0.25) is 0 Å². The van der Waals surface area contributed by atoms with Gasteiger partial charge in [-0.25, -0.2) is 0 Å². The van der Waals surface area contributed by atoms with Gasteiger partial charge >= 0.3 is 0 Å². The molecule has 0 fully saturated rings. The topological polar surface area (TPSA) is 18.5 Å². The molecule has 0 aromatic heterocycles. The highest BCUT2D eigenvalue weighted by molar-refractivity contribution is 9.09. The monoisotopic (exact) mass is 398 g/mol. The molecule has 0 aliphatic rings. The van der Waals surface area contributed by atoms with Crippen LogP contribution in [0.4, 0.5) is 0 Å². The van der Waals surface area contributed by atoms with Crippen LogP contribution in [0.5, 0.6) is 11.5 Å². The fourth-order valence-electron chi connectivity index (χ4n) is 2.70. The Balaban J connectivity index is 1.91. The summed E-state index contributed by atoms with van der Waals surface area (Å²) in [7, 11) is 1.64. The van der Waals surface area contributed by atoms with Crippen LogP contribution in [0.25, 0.3) is 10.8 Å². The molecule has 0 amide bonds. The fraction of sp³-hybridized carbons (Fsp3) is 0.474. The van der Waals surface area contributed by atoms with E-state index >= 15 is 0 Å². The number of alkyl halides is 1. The van der Waals surface area contributed by atoms with E-state index in [9.17, 15) is 0 Å². The number of unbranched alkanes of at least 4 members (excludes halogenated alkanes) is 5. The summed E-state index contributed by atoms with van der Waals surface area (Å²) in [6, 6.07) is 9.91. The number of hydrogen-bond donors (Lipinski definition) is 0. The summed E-state index contributed by atoms with van der Waals surface area (Å²) in [6.07, 6.45) is 7.46. The molecular formula is C19H24BrClO2. The SMILES string of the molecule is COc1c(Cl)cc(OCCCCCCCCBr)c2ccccc12. The number of fused-ring (bicyclic) bond motifs is 1. The van der Waals surface area contributed by atoms with E-state index in [4.69, 9.17) is 21.1 Å². The number of benzene rings is 2. The first kappa shape index (κ1) is 18.4. The Morgan fingerprint density at radius 1 is 0.957 bits per heavy atom. The average molecular weight is 400 g/mol. The van der Waals surface area contributed by atoms with Crippen LogP contribution in [0.3, 0.4) is 0 Å². The Bertz CT molecular complexity index is 616. The van der Waals surface area contributed by atoms with Gasteiger partial charge in [0.05, 0.1) is 18.7 Å². The van der Waals surface area contributed by atoms with Crippen molar-refractivity contribution in [1.29, 1.82) is 0 Å². The molecule has 2 nitrogen and oxygen atoms in total. The number of rotatable bonds is 10. The summed E-state index contributed by atoms with van der Waals surface area (Å²) in [5.41, 5.74) is 0. The van der Waals surface area contributed by atoms with E-state index in [1.807, 2.05) is 30.3 Å². The van der Waals surface area contributed by atoms with Gasteiger partial charge in [-0.1, -0.05) is 77.5 Å². The quantitative estimate of drug-likeness (QED) is 0.330. The van der Waals surface area contributed by atoms with Crippen molar-refractivity contribution in [2.45, 2.75) is 38.5 Å². The number of ether oxygens (including phenoxy) is 2. The Kier molecular flexibility index (Phi) is 8.04. The number of methoxy groups -OCH3 is 1. The third kappa shape index (κ3) is 5.29. The van der Waals surface area contributed by atoms with E-state index in [1.54, 1.807) is 7.11 Å². The zero-order valence-corrected chi connectivity index (χ0v) is 16.0. The lowest BCUT2D eigenvalue weighted by atomic mass is 10.1. The van der Waals surface area contributed by atoms with E-state index < -0.39 is 0 Å². The molecular weight excluding hydrogens is 376 g/mol. The minimum Gasteiger partial charge on any atom is -0.495 e. The van der Waals surface area contributed by atoms with Gasteiger partial charge in [-0.05, 0) is 12.8 Å². The van der Waals surface area contributed by atoms with Gasteiger partial charge in [-0.2, -0.15) is 0 Å². The van der Waals surface area contributed by atoms with E-state index in [0.29, 0.717) is 10.8 Å². The molecule has 0 saturated carbocycles. The van der Waals surface area contributed by atoms with Crippen molar-refractivity contribution in [2.24, 2.45) is 0 Å². The first-order chi connectivity index (χ1) is 11.3. The highest BCUT2D eigenvalue weighted by Crippen LogP contribution is 2.39. The predicted octanol–water partition coefficient (Wildman–Crippen LogP) is 6.62. The van der Waals surface area contributed by atoms with Crippen LogP contribution in [0.15, 0.2) is 30.3 Å². The zero-order chi connectivity index (χ0) is 16.5. The van der Waals surface area contributed by atoms with Crippen molar-refractivity contribution in [3.8, 4) is 11.5 Å². The predicted molar refractivity (Wildman–Crippen MR) is 103 cm³/mol. The normalized spacial score (nSPS) is 10.9. The second-order valence-corrected chi connectivity index (χ2v) is 6.79. The summed E-state index contributed by atoms with van der Waals surface area (Å²) in [5, 5.41) is 3.75. The molecule has 0 aliphatic carbocycles. The molecule has 0 N–H and O–H groups in total. The molecule has 0 unspecified atom stereocenters. The van der Waals surface area contributed by atoms with Gasteiger partial charge in [0.15, 0.2) is 0 Å². The van der Waals surface area contributed by atoms with Crippen LogP contribution in [0.2, 0.25) is 5.02 Å². The standard InChI is InChI=1S/C19H24BrClO2/c1-22-19-16-11-7-6-10-15(16)18(14-17(19)21)23-13-9-5-3-2-4-8-12-20/h6-7,10-11,14H,2-5,8-9,12-13H2,1H3. The van der Waals surface area contributed by atoms with Crippen LogP contribution < -0.4 is 9.47 Å². The molecule has 23 heavy (non-hydrogen) atoms. The molecule has 126 valence electrons. The summed E-state index contributed by atoms with van der Waals surface area (Å²) in [4.78, 5) is 0. The van der Waals surface area contributed by atoms with Gasteiger partial charge in [0, 0.05) is 22.2 Å². The summed E-state index contributed by atoms with van der Waals surface area (Å²) < 4.78 is 11.4. The molecule has 0 saturated heterocycles. The average Bonchev–Trinajstić information content (AvgIpc) is 2.57. The van der Waals surface area contributed by atoms with Gasteiger partial charge in [-0.15, -0.1) is 0 Å². The van der Waals surface area contributed by atoms with Crippen molar-refractivity contribution >= 4 is 38.3 Å². The molecule has 0 heterocycles. The van der Waals surface area contributed by atoms with Crippen LogP contribution in [0.1, 0.15) is 38.5 Å². The van der Waals surface area contributed by atoms with Crippen LogP contribution >= 0.6 is 27.5 Å². The van der Waals surface area contributed by atoms with Crippen molar-refractivity contribution in [3.05, 3.63) is 35.4 Å². The number of halogens is 2. The Morgan fingerprint density at radius 2 is 1.61 bits per heavy atom. The smallest absolute Gasteiger partial charge is 0.145 e. The van der Waals surface area contributed by atoms with Crippen molar-refractivity contribution < 1.29 is 9.47 Å². The van der Waals surface area contributed by atoms with Crippen molar-refractivity contribution in [2.75, 3.05) is 19.0 Å². The third-order valence-corrected chi connectivity index (χ3v) is 4.74. The fourth-order valence-corrected chi connectivity index (χ4v) is 3.37. The van der Waals surface area contributed by atoms with Gasteiger partial charge in [0.1, 0.15) is 11.5 Å². The lowest BCUT2D eigenvalue weighted by molar-refractivity contribution is 0.307. The van der Waals surface area contributed by atoms with E-state index in [0.717, 1.165) is 34.9 Å². The van der Waals surface area contributed by atoms with Crippen LogP contribution in [-0.2, 0) is 0 Å². The Labute approximate surface area is 152 Å². The summed E-state index contributed by atoms with van der Waals surface area (Å²) in [6.45, 7) is 0.727. The lowest BCUT2D eigenvalue weighted by Crippen LogP contribution is -1.99. The molecule has 2 rings (SSSR count). The summed E-state index contributed by atoms with van der Waals surface area (Å²) in [5.74, 6) is 1.55. The highest BCUT2D eigenvalue weighted by Gasteiger charge is 2.11. The van der Waals surface area contributed by atoms with E-state index in [1.165, 1.54) is 32.1 Å². The van der Waals surface area contributed by atoms with E-state index in [2.05, 4.69) is 15.9 Å². The van der Waals surface area contributed by atoms with Crippen LogP contribution in [-0.4, -0.2) is 19.0 Å². The molecule has 0 atom stereocenters. The third-order valence-electron chi connectivity index (χ3n) is 3.90. The maximum atomic E-state index is 6.31. The maximum Gasteiger partial charge on any atom is 0.145 e. The second-order valence-electron chi connectivity index (χ2n) is 5.59. The first-order valence-corrected chi connectivity index (χ1v) is 9.72. The maximum absolute atomic E-state index is 6.31. The molecule has 0 spiro atoms. The second kappa shape index (κ2) is 10.0. The Morgan fingerprint density at radius 3 is 2.30 bits per heavy atom. The zero-order valence-electron chi connectivity index (χ0n) is 13.6. The lowest BCUT2D eigenvalue weighted by Gasteiger charge is -2.13. The van der Waals surface area contributed by atoms with Gasteiger partial charge < -0.3 is 9.47 Å². The molecule has 2 aromatic carbocycles. The summed E-state index contributed by atoms with van der Waals surface area (Å²) >= 11 is 9.78. The van der Waals surface area contributed by atoms with E-state index in [-0.39, 0.29) is 0 Å². The van der Waals surface area contributed by atoms with Crippen molar-refractivity contribution in [1.82, 2.24) is 0 Å². The molecule has 2 aromatic rings. The molecule has 0 radical (unpaired) electrons. The Hall–Kier alpha value is -0.930.